The lowest BCUT2D eigenvalue weighted by atomic mass is 10.2. The van der Waals surface area contributed by atoms with E-state index in [2.05, 4.69) is 15.9 Å². The van der Waals surface area contributed by atoms with Gasteiger partial charge in [0.25, 0.3) is 0 Å². The minimum atomic E-state index is -1.54. The van der Waals surface area contributed by atoms with E-state index in [1.165, 1.54) is 0 Å². The Morgan fingerprint density at radius 3 is 2.71 bits per heavy atom. The fourth-order valence-corrected chi connectivity index (χ4v) is 1.40. The third kappa shape index (κ3) is 2.95. The van der Waals surface area contributed by atoms with E-state index in [0.29, 0.717) is 24.5 Å². The van der Waals surface area contributed by atoms with Gasteiger partial charge in [-0.25, -0.2) is 0 Å². The summed E-state index contributed by atoms with van der Waals surface area (Å²) in [5.74, 6) is 0.439. The van der Waals surface area contributed by atoms with Gasteiger partial charge >= 0.3 is 0 Å². The molecule has 14 heavy (non-hydrogen) atoms. The van der Waals surface area contributed by atoms with Crippen LogP contribution in [0.5, 0.6) is 5.75 Å². The number of halogens is 1. The molecular weight excluding hydrogens is 250 g/mol. The summed E-state index contributed by atoms with van der Waals surface area (Å²) >= 11 is 3.23. The van der Waals surface area contributed by atoms with Crippen molar-refractivity contribution in [1.29, 1.82) is 0 Å². The standard InChI is InChI=1S/C9H12BrNO3/c10-6-1-2-8(14-4-3-11)7(5-6)9(12)13/h1-2,5,9,12-13H,3-4,11H2. The van der Waals surface area contributed by atoms with Crippen molar-refractivity contribution in [2.24, 2.45) is 5.73 Å². The summed E-state index contributed by atoms with van der Waals surface area (Å²) in [6.45, 7) is 0.735. The number of ether oxygens (including phenoxy) is 1. The van der Waals surface area contributed by atoms with Crippen molar-refractivity contribution in [3.63, 3.8) is 0 Å². The molecule has 0 bridgehead atoms. The van der Waals surface area contributed by atoms with Crippen LogP contribution < -0.4 is 10.5 Å². The molecule has 0 aliphatic rings. The summed E-state index contributed by atoms with van der Waals surface area (Å²) in [4.78, 5) is 0. The van der Waals surface area contributed by atoms with E-state index in [1.807, 2.05) is 0 Å². The zero-order chi connectivity index (χ0) is 10.6. The van der Waals surface area contributed by atoms with E-state index in [0.717, 1.165) is 4.47 Å². The molecule has 0 saturated heterocycles. The number of aliphatic hydroxyl groups excluding tert-OH is 1. The van der Waals surface area contributed by atoms with Crippen LogP contribution in [0.1, 0.15) is 11.9 Å². The first-order chi connectivity index (χ1) is 6.65. The summed E-state index contributed by atoms with van der Waals surface area (Å²) in [6, 6.07) is 5.02. The summed E-state index contributed by atoms with van der Waals surface area (Å²) < 4.78 is 6.00. The van der Waals surface area contributed by atoms with Crippen LogP contribution in [0.25, 0.3) is 0 Å². The highest BCUT2D eigenvalue weighted by molar-refractivity contribution is 9.10. The Morgan fingerprint density at radius 1 is 1.43 bits per heavy atom. The van der Waals surface area contributed by atoms with Gasteiger partial charge in [-0.15, -0.1) is 0 Å². The third-order valence-electron chi connectivity index (χ3n) is 1.63. The Labute approximate surface area is 90.4 Å². The first-order valence-electron chi connectivity index (χ1n) is 4.13. The zero-order valence-electron chi connectivity index (χ0n) is 7.48. The van der Waals surface area contributed by atoms with Crippen LogP contribution >= 0.6 is 15.9 Å². The molecule has 0 amide bonds. The molecule has 0 aromatic heterocycles. The van der Waals surface area contributed by atoms with Crippen LogP contribution in [-0.4, -0.2) is 23.4 Å². The van der Waals surface area contributed by atoms with Gasteiger partial charge in [0.2, 0.25) is 0 Å². The lowest BCUT2D eigenvalue weighted by Crippen LogP contribution is -2.12. The highest BCUT2D eigenvalue weighted by Crippen LogP contribution is 2.27. The minimum Gasteiger partial charge on any atom is -0.492 e. The number of hydrogen-bond acceptors (Lipinski definition) is 4. The zero-order valence-corrected chi connectivity index (χ0v) is 9.07. The first kappa shape index (κ1) is 11.5. The number of benzene rings is 1. The van der Waals surface area contributed by atoms with Gasteiger partial charge < -0.3 is 20.7 Å². The summed E-state index contributed by atoms with van der Waals surface area (Å²) in [5, 5.41) is 18.1. The van der Waals surface area contributed by atoms with Crippen LogP contribution in [0.4, 0.5) is 0 Å². The largest absolute Gasteiger partial charge is 0.492 e. The van der Waals surface area contributed by atoms with Gasteiger partial charge in [0, 0.05) is 11.0 Å². The molecule has 1 rings (SSSR count). The molecule has 0 radical (unpaired) electrons. The Bertz CT molecular complexity index is 304. The van der Waals surface area contributed by atoms with Crippen LogP contribution in [0.2, 0.25) is 0 Å². The molecule has 0 atom stereocenters. The maximum Gasteiger partial charge on any atom is 0.182 e. The molecule has 0 spiro atoms. The van der Waals surface area contributed by atoms with Gasteiger partial charge in [-0.05, 0) is 18.2 Å². The molecule has 0 aliphatic heterocycles. The number of rotatable bonds is 4. The van der Waals surface area contributed by atoms with Crippen LogP contribution in [0.3, 0.4) is 0 Å². The Kier molecular flexibility index (Phi) is 4.34. The molecule has 5 heteroatoms. The van der Waals surface area contributed by atoms with Crippen LogP contribution in [0, 0.1) is 0 Å². The van der Waals surface area contributed by atoms with Crippen molar-refractivity contribution in [3.05, 3.63) is 28.2 Å². The van der Waals surface area contributed by atoms with Crippen molar-refractivity contribution >= 4 is 15.9 Å². The topological polar surface area (TPSA) is 75.7 Å². The fraction of sp³-hybridized carbons (Fsp3) is 0.333. The van der Waals surface area contributed by atoms with Gasteiger partial charge in [-0.2, -0.15) is 0 Å². The highest BCUT2D eigenvalue weighted by atomic mass is 79.9. The Hall–Kier alpha value is -0.620. The molecule has 4 nitrogen and oxygen atoms in total. The number of nitrogens with two attached hydrogens (primary N) is 1. The van der Waals surface area contributed by atoms with Crippen molar-refractivity contribution in [2.75, 3.05) is 13.2 Å². The normalized spacial score (nSPS) is 10.6. The Balaban J connectivity index is 2.90. The van der Waals surface area contributed by atoms with Crippen molar-refractivity contribution in [2.45, 2.75) is 6.29 Å². The molecule has 0 saturated carbocycles. The van der Waals surface area contributed by atoms with E-state index >= 15 is 0 Å². The van der Waals surface area contributed by atoms with E-state index in [-0.39, 0.29) is 0 Å². The van der Waals surface area contributed by atoms with Gasteiger partial charge in [0.05, 0.1) is 5.56 Å². The number of hydrogen-bond donors (Lipinski definition) is 3. The quantitative estimate of drug-likeness (QED) is 0.700. The summed E-state index contributed by atoms with van der Waals surface area (Å²) in [5.41, 5.74) is 5.60. The van der Waals surface area contributed by atoms with Crippen LogP contribution in [0.15, 0.2) is 22.7 Å². The lowest BCUT2D eigenvalue weighted by molar-refractivity contribution is -0.0442. The molecule has 0 heterocycles. The lowest BCUT2D eigenvalue weighted by Gasteiger charge is -2.12. The predicted octanol–water partition coefficient (Wildman–Crippen LogP) is 0.770. The molecule has 0 aliphatic carbocycles. The Morgan fingerprint density at radius 2 is 2.14 bits per heavy atom. The number of aliphatic hydroxyl groups is 2. The second-order valence-electron chi connectivity index (χ2n) is 2.69. The molecular formula is C9H12BrNO3. The summed E-state index contributed by atoms with van der Waals surface area (Å²) in [6.07, 6.45) is -1.54. The molecule has 1 aromatic rings. The van der Waals surface area contributed by atoms with E-state index in [1.54, 1.807) is 18.2 Å². The van der Waals surface area contributed by atoms with E-state index in [4.69, 9.17) is 20.7 Å². The molecule has 4 N–H and O–H groups in total. The van der Waals surface area contributed by atoms with Crippen LogP contribution in [-0.2, 0) is 0 Å². The molecule has 0 fully saturated rings. The van der Waals surface area contributed by atoms with Gasteiger partial charge in [-0.3, -0.25) is 0 Å². The average Bonchev–Trinajstić information content (AvgIpc) is 2.15. The van der Waals surface area contributed by atoms with Gasteiger partial charge in [-0.1, -0.05) is 15.9 Å². The van der Waals surface area contributed by atoms with Gasteiger partial charge in [0.1, 0.15) is 12.4 Å². The monoisotopic (exact) mass is 261 g/mol. The highest BCUT2D eigenvalue weighted by Gasteiger charge is 2.10. The summed E-state index contributed by atoms with van der Waals surface area (Å²) in [7, 11) is 0. The second-order valence-corrected chi connectivity index (χ2v) is 3.61. The second kappa shape index (κ2) is 5.31. The van der Waals surface area contributed by atoms with Crippen molar-refractivity contribution in [1.82, 2.24) is 0 Å². The van der Waals surface area contributed by atoms with Crippen molar-refractivity contribution < 1.29 is 14.9 Å². The SMILES string of the molecule is NCCOc1ccc(Br)cc1C(O)O. The van der Waals surface area contributed by atoms with Gasteiger partial charge in [0.15, 0.2) is 6.29 Å². The maximum atomic E-state index is 9.05. The van der Waals surface area contributed by atoms with Crippen molar-refractivity contribution in [3.8, 4) is 5.75 Å². The van der Waals surface area contributed by atoms with E-state index in [9.17, 15) is 0 Å². The predicted molar refractivity (Wildman–Crippen MR) is 55.9 cm³/mol. The smallest absolute Gasteiger partial charge is 0.182 e. The minimum absolute atomic E-state index is 0.327. The first-order valence-corrected chi connectivity index (χ1v) is 4.93. The maximum absolute atomic E-state index is 9.05. The molecule has 1 aromatic carbocycles. The fourth-order valence-electron chi connectivity index (χ4n) is 1.02. The molecule has 78 valence electrons. The molecule has 0 unspecified atom stereocenters. The third-order valence-corrected chi connectivity index (χ3v) is 2.12. The average molecular weight is 262 g/mol. The van der Waals surface area contributed by atoms with E-state index < -0.39 is 6.29 Å².